The molecule has 1 N–H and O–H groups in total. The molecule has 4 nitrogen and oxygen atoms in total. The molecule has 1 aliphatic heterocycles. The fourth-order valence-corrected chi connectivity index (χ4v) is 2.57. The highest BCUT2D eigenvalue weighted by atomic mass is 16.5. The lowest BCUT2D eigenvalue weighted by Crippen LogP contribution is -2.24. The van der Waals surface area contributed by atoms with Gasteiger partial charge in [0.2, 0.25) is 0 Å². The summed E-state index contributed by atoms with van der Waals surface area (Å²) in [6, 6.07) is 4.99. The van der Waals surface area contributed by atoms with E-state index in [9.17, 15) is 0 Å². The molecule has 20 heavy (non-hydrogen) atoms. The Hall–Kier alpha value is -0.970. The minimum absolute atomic E-state index is 0.629. The summed E-state index contributed by atoms with van der Waals surface area (Å²) in [5.74, 6) is 0. The van der Waals surface area contributed by atoms with Crippen molar-refractivity contribution in [2.24, 2.45) is 0 Å². The van der Waals surface area contributed by atoms with Gasteiger partial charge in [-0.3, -0.25) is 4.98 Å². The van der Waals surface area contributed by atoms with E-state index in [1.54, 1.807) is 0 Å². The molecule has 0 unspecified atom stereocenters. The molecule has 1 aromatic rings. The zero-order valence-corrected chi connectivity index (χ0v) is 12.2. The second-order valence-electron chi connectivity index (χ2n) is 5.91. The zero-order chi connectivity index (χ0) is 13.6. The quantitative estimate of drug-likeness (QED) is 0.736. The van der Waals surface area contributed by atoms with Gasteiger partial charge >= 0.3 is 0 Å². The molecule has 3 rings (SSSR count). The molecule has 1 saturated carbocycles. The van der Waals surface area contributed by atoms with Crippen LogP contribution in [-0.2, 0) is 17.9 Å². The molecule has 0 bridgehead atoms. The number of nitrogens with one attached hydrogen (secondary N) is 1. The first-order valence-corrected chi connectivity index (χ1v) is 7.87. The van der Waals surface area contributed by atoms with Crippen molar-refractivity contribution < 1.29 is 4.74 Å². The van der Waals surface area contributed by atoms with Gasteiger partial charge in [-0.25, -0.2) is 0 Å². The van der Waals surface area contributed by atoms with E-state index < -0.39 is 0 Å². The molecule has 0 spiro atoms. The molecular formula is C16H25N3O. The number of pyridine rings is 1. The average molecular weight is 275 g/mol. The molecule has 110 valence electrons. The molecule has 1 aliphatic carbocycles. The maximum atomic E-state index is 5.71. The van der Waals surface area contributed by atoms with E-state index in [0.29, 0.717) is 6.61 Å². The number of rotatable bonds is 8. The third-order valence-corrected chi connectivity index (χ3v) is 4.06. The molecule has 2 heterocycles. The highest BCUT2D eigenvalue weighted by Gasteiger charge is 2.19. The zero-order valence-electron chi connectivity index (χ0n) is 12.2. The van der Waals surface area contributed by atoms with E-state index in [2.05, 4.69) is 27.3 Å². The first-order chi connectivity index (χ1) is 9.90. The predicted octanol–water partition coefficient (Wildman–Crippen LogP) is 1.95. The largest absolute Gasteiger partial charge is 0.374 e. The van der Waals surface area contributed by atoms with E-state index in [-0.39, 0.29) is 0 Å². The van der Waals surface area contributed by atoms with Gasteiger partial charge in [0.05, 0.1) is 18.9 Å². The smallest absolute Gasteiger partial charge is 0.0888 e. The molecule has 0 radical (unpaired) electrons. The lowest BCUT2D eigenvalue weighted by molar-refractivity contribution is 0.0971. The van der Waals surface area contributed by atoms with Crippen molar-refractivity contribution in [2.45, 2.75) is 44.9 Å². The first kappa shape index (κ1) is 14.0. The van der Waals surface area contributed by atoms with Gasteiger partial charge in [0.15, 0.2) is 0 Å². The minimum Gasteiger partial charge on any atom is -0.374 e. The third kappa shape index (κ3) is 4.54. The van der Waals surface area contributed by atoms with Crippen LogP contribution in [0, 0.1) is 0 Å². The maximum Gasteiger partial charge on any atom is 0.0888 e. The van der Waals surface area contributed by atoms with Crippen molar-refractivity contribution in [3.63, 3.8) is 0 Å². The van der Waals surface area contributed by atoms with Crippen LogP contribution in [0.25, 0.3) is 0 Å². The summed E-state index contributed by atoms with van der Waals surface area (Å²) < 4.78 is 5.71. The van der Waals surface area contributed by atoms with Crippen molar-refractivity contribution in [3.8, 4) is 0 Å². The van der Waals surface area contributed by atoms with Crippen LogP contribution in [0.2, 0.25) is 0 Å². The van der Waals surface area contributed by atoms with Crippen molar-refractivity contribution >= 4 is 0 Å². The van der Waals surface area contributed by atoms with Gasteiger partial charge in [0.25, 0.3) is 0 Å². The van der Waals surface area contributed by atoms with Gasteiger partial charge < -0.3 is 15.0 Å². The monoisotopic (exact) mass is 275 g/mol. The highest BCUT2D eigenvalue weighted by molar-refractivity contribution is 5.13. The minimum atomic E-state index is 0.629. The molecular weight excluding hydrogens is 250 g/mol. The Morgan fingerprint density at radius 3 is 2.80 bits per heavy atom. The highest BCUT2D eigenvalue weighted by Crippen LogP contribution is 2.19. The second-order valence-corrected chi connectivity index (χ2v) is 5.91. The maximum absolute atomic E-state index is 5.71. The lowest BCUT2D eigenvalue weighted by Gasteiger charge is -2.14. The number of aromatic nitrogens is 1. The second kappa shape index (κ2) is 7.16. The van der Waals surface area contributed by atoms with Crippen LogP contribution in [0.5, 0.6) is 0 Å². The predicted molar refractivity (Wildman–Crippen MR) is 79.4 cm³/mol. The summed E-state index contributed by atoms with van der Waals surface area (Å²) in [5.41, 5.74) is 2.29. The summed E-state index contributed by atoms with van der Waals surface area (Å²) in [7, 11) is 0. The SMILES string of the molecule is c1cc(COCCN2CCCC2)ncc1CNC1CC1. The number of hydrogen-bond donors (Lipinski definition) is 1. The molecule has 4 heteroatoms. The van der Waals surface area contributed by atoms with Gasteiger partial charge in [-0.1, -0.05) is 6.07 Å². The number of ether oxygens (including phenoxy) is 1. The summed E-state index contributed by atoms with van der Waals surface area (Å²) in [6.45, 7) is 5.92. The summed E-state index contributed by atoms with van der Waals surface area (Å²) in [5, 5.41) is 3.50. The number of likely N-dealkylation sites (tertiary alicyclic amines) is 1. The van der Waals surface area contributed by atoms with Crippen LogP contribution < -0.4 is 5.32 Å². The molecule has 2 fully saturated rings. The molecule has 0 atom stereocenters. The van der Waals surface area contributed by atoms with Crippen molar-refractivity contribution in [3.05, 3.63) is 29.6 Å². The number of hydrogen-bond acceptors (Lipinski definition) is 4. The van der Waals surface area contributed by atoms with E-state index >= 15 is 0 Å². The van der Waals surface area contributed by atoms with Gasteiger partial charge in [0.1, 0.15) is 0 Å². The van der Waals surface area contributed by atoms with Crippen molar-refractivity contribution in [2.75, 3.05) is 26.2 Å². The van der Waals surface area contributed by atoms with Gasteiger partial charge in [-0.15, -0.1) is 0 Å². The Kier molecular flexibility index (Phi) is 5.01. The van der Waals surface area contributed by atoms with E-state index in [1.165, 1.54) is 44.3 Å². The Balaban J connectivity index is 1.32. The summed E-state index contributed by atoms with van der Waals surface area (Å²) >= 11 is 0. The standard InChI is InChI=1S/C16H25N3O/c1-2-8-19(7-1)9-10-20-13-16-4-3-14(12-18-16)11-17-15-5-6-15/h3-4,12,15,17H,1-2,5-11,13H2. The normalized spacial score (nSPS) is 19.6. The van der Waals surface area contributed by atoms with Gasteiger partial charge in [-0.2, -0.15) is 0 Å². The lowest BCUT2D eigenvalue weighted by atomic mass is 10.2. The first-order valence-electron chi connectivity index (χ1n) is 7.87. The van der Waals surface area contributed by atoms with Crippen LogP contribution in [0.3, 0.4) is 0 Å². The Labute approximate surface area is 121 Å². The summed E-state index contributed by atoms with van der Waals surface area (Å²) in [4.78, 5) is 6.94. The molecule has 2 aliphatic rings. The van der Waals surface area contributed by atoms with Crippen LogP contribution in [-0.4, -0.2) is 42.2 Å². The summed E-state index contributed by atoms with van der Waals surface area (Å²) in [6.07, 6.45) is 7.32. The average Bonchev–Trinajstić information content (AvgIpc) is 3.17. The topological polar surface area (TPSA) is 37.4 Å². The fraction of sp³-hybridized carbons (Fsp3) is 0.688. The Bertz CT molecular complexity index is 397. The molecule has 0 amide bonds. The van der Waals surface area contributed by atoms with Crippen molar-refractivity contribution in [1.29, 1.82) is 0 Å². The molecule has 0 aromatic carbocycles. The van der Waals surface area contributed by atoms with Crippen LogP contribution in [0.1, 0.15) is 36.9 Å². The van der Waals surface area contributed by atoms with Gasteiger partial charge in [-0.05, 0) is 50.4 Å². The van der Waals surface area contributed by atoms with E-state index in [1.807, 2.05) is 6.20 Å². The van der Waals surface area contributed by atoms with E-state index in [0.717, 1.165) is 31.4 Å². The van der Waals surface area contributed by atoms with E-state index in [4.69, 9.17) is 4.74 Å². The fourth-order valence-electron chi connectivity index (χ4n) is 2.57. The van der Waals surface area contributed by atoms with Crippen molar-refractivity contribution in [1.82, 2.24) is 15.2 Å². The molecule has 1 aromatic heterocycles. The third-order valence-electron chi connectivity index (χ3n) is 4.06. The Morgan fingerprint density at radius 1 is 1.25 bits per heavy atom. The van der Waals surface area contributed by atoms with Crippen LogP contribution in [0.4, 0.5) is 0 Å². The number of nitrogens with zero attached hydrogens (tertiary/aromatic N) is 2. The van der Waals surface area contributed by atoms with Crippen LogP contribution >= 0.6 is 0 Å². The molecule has 1 saturated heterocycles. The van der Waals surface area contributed by atoms with Crippen LogP contribution in [0.15, 0.2) is 18.3 Å². The van der Waals surface area contributed by atoms with Gasteiger partial charge in [0, 0.05) is 25.3 Å². The Morgan fingerprint density at radius 2 is 2.10 bits per heavy atom.